The fraction of sp³-hybridized carbons (Fsp3) is 0.538. The van der Waals surface area contributed by atoms with Gasteiger partial charge in [-0.2, -0.15) is 0 Å². The minimum atomic E-state index is 0.104. The van der Waals surface area contributed by atoms with Crippen LogP contribution in [0, 0.1) is 18.8 Å². The van der Waals surface area contributed by atoms with Crippen LogP contribution in [-0.4, -0.2) is 24.0 Å². The highest BCUT2D eigenvalue weighted by molar-refractivity contribution is 5.79. The first-order valence-electron chi connectivity index (χ1n) is 6.06. The number of carbonyl (C=O) groups excluding carboxylic acids is 1. The predicted octanol–water partition coefficient (Wildman–Crippen LogP) is 0.862. The molecule has 92 valence electrons. The SMILES string of the molecule is Cc1ccncc1CNC(=O)[C@@H]1CNC[C@H]1C. The molecule has 0 aliphatic carbocycles. The summed E-state index contributed by atoms with van der Waals surface area (Å²) in [7, 11) is 0. The van der Waals surface area contributed by atoms with Gasteiger partial charge in [-0.25, -0.2) is 0 Å². The van der Waals surface area contributed by atoms with Gasteiger partial charge in [0.1, 0.15) is 0 Å². The molecule has 1 amide bonds. The van der Waals surface area contributed by atoms with Gasteiger partial charge in [-0.05, 0) is 36.6 Å². The Morgan fingerprint density at radius 3 is 3.06 bits per heavy atom. The fourth-order valence-electron chi connectivity index (χ4n) is 2.16. The van der Waals surface area contributed by atoms with Crippen molar-refractivity contribution in [3.05, 3.63) is 29.6 Å². The van der Waals surface area contributed by atoms with Crippen molar-refractivity contribution in [2.45, 2.75) is 20.4 Å². The number of hydrogen-bond acceptors (Lipinski definition) is 3. The van der Waals surface area contributed by atoms with Crippen LogP contribution < -0.4 is 10.6 Å². The molecule has 2 atom stereocenters. The lowest BCUT2D eigenvalue weighted by atomic mass is 9.97. The summed E-state index contributed by atoms with van der Waals surface area (Å²) in [5.41, 5.74) is 2.25. The van der Waals surface area contributed by atoms with Gasteiger partial charge in [0, 0.05) is 25.5 Å². The molecule has 4 heteroatoms. The summed E-state index contributed by atoms with van der Waals surface area (Å²) in [5.74, 6) is 0.669. The highest BCUT2D eigenvalue weighted by Gasteiger charge is 2.29. The van der Waals surface area contributed by atoms with Crippen LogP contribution in [0.2, 0.25) is 0 Å². The van der Waals surface area contributed by atoms with Crippen molar-refractivity contribution in [1.82, 2.24) is 15.6 Å². The molecule has 1 aromatic rings. The molecule has 2 rings (SSSR count). The second-order valence-corrected chi connectivity index (χ2v) is 4.76. The smallest absolute Gasteiger partial charge is 0.224 e. The molecule has 0 bridgehead atoms. The highest BCUT2D eigenvalue weighted by Crippen LogP contribution is 2.16. The molecule has 0 unspecified atom stereocenters. The van der Waals surface area contributed by atoms with E-state index in [0.29, 0.717) is 12.5 Å². The summed E-state index contributed by atoms with van der Waals surface area (Å²) in [6, 6.07) is 1.96. The lowest BCUT2D eigenvalue weighted by molar-refractivity contribution is -0.125. The number of aryl methyl sites for hydroxylation is 1. The minimum Gasteiger partial charge on any atom is -0.352 e. The van der Waals surface area contributed by atoms with Gasteiger partial charge in [0.2, 0.25) is 5.91 Å². The van der Waals surface area contributed by atoms with E-state index in [9.17, 15) is 4.79 Å². The van der Waals surface area contributed by atoms with E-state index in [2.05, 4.69) is 22.5 Å². The van der Waals surface area contributed by atoms with Crippen LogP contribution in [0.4, 0.5) is 0 Å². The third-order valence-corrected chi connectivity index (χ3v) is 3.45. The van der Waals surface area contributed by atoms with Crippen LogP contribution in [-0.2, 0) is 11.3 Å². The van der Waals surface area contributed by atoms with E-state index in [1.807, 2.05) is 19.2 Å². The number of nitrogens with zero attached hydrogens (tertiary/aromatic N) is 1. The normalized spacial score (nSPS) is 23.6. The second kappa shape index (κ2) is 5.27. The molecule has 1 saturated heterocycles. The topological polar surface area (TPSA) is 54.0 Å². The third kappa shape index (κ3) is 2.82. The summed E-state index contributed by atoms with van der Waals surface area (Å²) in [6.07, 6.45) is 3.58. The van der Waals surface area contributed by atoms with Crippen molar-refractivity contribution in [3.8, 4) is 0 Å². The predicted molar refractivity (Wildman–Crippen MR) is 66.3 cm³/mol. The number of aromatic nitrogens is 1. The second-order valence-electron chi connectivity index (χ2n) is 4.76. The van der Waals surface area contributed by atoms with Crippen LogP contribution in [0.1, 0.15) is 18.1 Å². The molecule has 0 aromatic carbocycles. The van der Waals surface area contributed by atoms with Gasteiger partial charge in [0.15, 0.2) is 0 Å². The maximum absolute atomic E-state index is 12.0. The molecule has 1 aromatic heterocycles. The van der Waals surface area contributed by atoms with Gasteiger partial charge in [-0.3, -0.25) is 9.78 Å². The van der Waals surface area contributed by atoms with E-state index in [0.717, 1.165) is 24.2 Å². The van der Waals surface area contributed by atoms with Crippen LogP contribution in [0.25, 0.3) is 0 Å². The van der Waals surface area contributed by atoms with E-state index in [-0.39, 0.29) is 11.8 Å². The number of amides is 1. The molecule has 1 aliphatic heterocycles. The maximum Gasteiger partial charge on any atom is 0.224 e. The molecule has 2 N–H and O–H groups in total. The van der Waals surface area contributed by atoms with Crippen LogP contribution in [0.3, 0.4) is 0 Å². The van der Waals surface area contributed by atoms with E-state index < -0.39 is 0 Å². The van der Waals surface area contributed by atoms with E-state index in [1.54, 1.807) is 6.20 Å². The van der Waals surface area contributed by atoms with Gasteiger partial charge < -0.3 is 10.6 Å². The number of rotatable bonds is 3. The zero-order valence-corrected chi connectivity index (χ0v) is 10.4. The first kappa shape index (κ1) is 12.0. The lowest BCUT2D eigenvalue weighted by Crippen LogP contribution is -2.34. The number of pyridine rings is 1. The average Bonchev–Trinajstić information content (AvgIpc) is 2.74. The molecular weight excluding hydrogens is 214 g/mol. The molecule has 1 aliphatic rings. The largest absolute Gasteiger partial charge is 0.352 e. The van der Waals surface area contributed by atoms with Crippen molar-refractivity contribution < 1.29 is 4.79 Å². The summed E-state index contributed by atoms with van der Waals surface area (Å²) in [5, 5.41) is 6.23. The van der Waals surface area contributed by atoms with Crippen molar-refractivity contribution in [3.63, 3.8) is 0 Å². The molecule has 4 nitrogen and oxygen atoms in total. The van der Waals surface area contributed by atoms with Crippen molar-refractivity contribution in [2.24, 2.45) is 11.8 Å². The van der Waals surface area contributed by atoms with Crippen LogP contribution in [0.5, 0.6) is 0 Å². The van der Waals surface area contributed by atoms with Gasteiger partial charge in [-0.15, -0.1) is 0 Å². The third-order valence-electron chi connectivity index (χ3n) is 3.45. The van der Waals surface area contributed by atoms with Crippen molar-refractivity contribution in [2.75, 3.05) is 13.1 Å². The molecule has 0 spiro atoms. The van der Waals surface area contributed by atoms with Crippen molar-refractivity contribution in [1.29, 1.82) is 0 Å². The highest BCUT2D eigenvalue weighted by atomic mass is 16.1. The Hall–Kier alpha value is -1.42. The Bertz CT molecular complexity index is 405. The van der Waals surface area contributed by atoms with E-state index in [4.69, 9.17) is 0 Å². The van der Waals surface area contributed by atoms with Crippen LogP contribution >= 0.6 is 0 Å². The summed E-state index contributed by atoms with van der Waals surface area (Å²) in [6.45, 7) is 6.44. The molecule has 17 heavy (non-hydrogen) atoms. The first-order chi connectivity index (χ1) is 8.18. The Morgan fingerprint density at radius 1 is 1.59 bits per heavy atom. The Morgan fingerprint density at radius 2 is 2.41 bits per heavy atom. The van der Waals surface area contributed by atoms with Gasteiger partial charge in [0.05, 0.1) is 5.92 Å². The van der Waals surface area contributed by atoms with E-state index in [1.165, 1.54) is 0 Å². The summed E-state index contributed by atoms with van der Waals surface area (Å²) >= 11 is 0. The monoisotopic (exact) mass is 233 g/mol. The summed E-state index contributed by atoms with van der Waals surface area (Å²) in [4.78, 5) is 16.0. The fourth-order valence-corrected chi connectivity index (χ4v) is 2.16. The number of hydrogen-bond donors (Lipinski definition) is 2. The molecule has 0 saturated carbocycles. The Labute approximate surface area is 102 Å². The number of carbonyl (C=O) groups is 1. The van der Waals surface area contributed by atoms with Crippen LogP contribution in [0.15, 0.2) is 18.5 Å². The maximum atomic E-state index is 12.0. The molecule has 0 radical (unpaired) electrons. The molecular formula is C13H19N3O. The first-order valence-corrected chi connectivity index (χ1v) is 6.06. The average molecular weight is 233 g/mol. The number of nitrogens with one attached hydrogen (secondary N) is 2. The minimum absolute atomic E-state index is 0.104. The van der Waals surface area contributed by atoms with E-state index >= 15 is 0 Å². The molecule has 1 fully saturated rings. The zero-order chi connectivity index (χ0) is 12.3. The van der Waals surface area contributed by atoms with Gasteiger partial charge >= 0.3 is 0 Å². The zero-order valence-electron chi connectivity index (χ0n) is 10.4. The Balaban J connectivity index is 1.90. The lowest BCUT2D eigenvalue weighted by Gasteiger charge is -2.14. The standard InChI is InChI=1S/C13H19N3O/c1-9-3-4-14-6-11(9)7-16-13(17)12-8-15-5-10(12)2/h3-4,6,10,12,15H,5,7-8H2,1-2H3,(H,16,17)/t10-,12-/m1/s1. The van der Waals surface area contributed by atoms with Gasteiger partial charge in [-0.1, -0.05) is 6.92 Å². The molecule has 2 heterocycles. The summed E-state index contributed by atoms with van der Waals surface area (Å²) < 4.78 is 0. The quantitative estimate of drug-likeness (QED) is 0.814. The Kier molecular flexibility index (Phi) is 3.74. The van der Waals surface area contributed by atoms with Gasteiger partial charge in [0.25, 0.3) is 0 Å². The van der Waals surface area contributed by atoms with Crippen molar-refractivity contribution >= 4 is 5.91 Å².